The van der Waals surface area contributed by atoms with Gasteiger partial charge in [0.2, 0.25) is 0 Å². The molecule has 0 aromatic heterocycles. The van der Waals surface area contributed by atoms with E-state index in [-0.39, 0.29) is 0 Å². The van der Waals surface area contributed by atoms with Gasteiger partial charge in [-0.25, -0.2) is 0 Å². The SMILES string of the molecule is c1ccc(-c2cc(-c3c4ccccc4c(-c4cc(-c5ccccc5)c(-c5ccccc5)c(-c5ccccc5)c4)c4cc5ccccc5cc34)cc(-c3ccccc3)c2-c2ccccc2)cc1. The second-order valence-corrected chi connectivity index (χ2v) is 17.1. The maximum absolute atomic E-state index is 2.45. The third-order valence-electron chi connectivity index (χ3n) is 13.2. The van der Waals surface area contributed by atoms with Gasteiger partial charge in [0, 0.05) is 0 Å². The molecule has 0 heteroatoms. The number of benzene rings is 12. The second-order valence-electron chi connectivity index (χ2n) is 17.1. The predicted octanol–water partition coefficient (Wildman–Crippen LogP) is 18.5. The zero-order valence-electron chi connectivity index (χ0n) is 36.4. The third-order valence-corrected chi connectivity index (χ3v) is 13.2. The first kappa shape index (κ1) is 39.0. The number of fused-ring (bicyclic) bond motifs is 3. The summed E-state index contributed by atoms with van der Waals surface area (Å²) in [7, 11) is 0. The summed E-state index contributed by atoms with van der Waals surface area (Å²) in [6, 6.07) is 98.1. The fourth-order valence-corrected chi connectivity index (χ4v) is 10.3. The van der Waals surface area contributed by atoms with Crippen molar-refractivity contribution in [3.63, 3.8) is 0 Å². The van der Waals surface area contributed by atoms with E-state index in [4.69, 9.17) is 0 Å². The molecule has 0 amide bonds. The topological polar surface area (TPSA) is 0 Å². The lowest BCUT2D eigenvalue weighted by Gasteiger charge is -2.23. The Morgan fingerprint density at radius 3 is 0.682 bits per heavy atom. The fourth-order valence-electron chi connectivity index (χ4n) is 10.3. The van der Waals surface area contributed by atoms with Gasteiger partial charge in [-0.1, -0.05) is 231 Å². The van der Waals surface area contributed by atoms with E-state index in [2.05, 4.69) is 267 Å². The monoisotopic (exact) mass is 836 g/mol. The maximum atomic E-state index is 2.45. The van der Waals surface area contributed by atoms with Crippen molar-refractivity contribution in [1.29, 1.82) is 0 Å². The van der Waals surface area contributed by atoms with E-state index in [0.29, 0.717) is 0 Å². The predicted molar refractivity (Wildman–Crippen MR) is 282 cm³/mol. The molecule has 66 heavy (non-hydrogen) atoms. The summed E-state index contributed by atoms with van der Waals surface area (Å²) in [5.74, 6) is 0. The molecule has 0 N–H and O–H groups in total. The molecule has 0 nitrogen and oxygen atoms in total. The minimum Gasteiger partial charge on any atom is -0.0622 e. The highest BCUT2D eigenvalue weighted by Crippen LogP contribution is 2.51. The van der Waals surface area contributed by atoms with Gasteiger partial charge in [-0.3, -0.25) is 0 Å². The van der Waals surface area contributed by atoms with Crippen molar-refractivity contribution < 1.29 is 0 Å². The van der Waals surface area contributed by atoms with Crippen LogP contribution < -0.4 is 0 Å². The van der Waals surface area contributed by atoms with Gasteiger partial charge in [-0.15, -0.1) is 0 Å². The van der Waals surface area contributed by atoms with E-state index in [9.17, 15) is 0 Å². The van der Waals surface area contributed by atoms with Crippen molar-refractivity contribution in [3.8, 4) is 89.0 Å². The fraction of sp³-hybridized carbons (Fsp3) is 0. The summed E-state index contributed by atoms with van der Waals surface area (Å²) in [5, 5.41) is 7.32. The van der Waals surface area contributed by atoms with Crippen molar-refractivity contribution >= 4 is 32.3 Å². The van der Waals surface area contributed by atoms with Crippen LogP contribution >= 0.6 is 0 Å². The molecule has 0 aliphatic heterocycles. The lowest BCUT2D eigenvalue weighted by Crippen LogP contribution is -1.97. The largest absolute Gasteiger partial charge is 0.0622 e. The average Bonchev–Trinajstić information content (AvgIpc) is 3.40. The summed E-state index contributed by atoms with van der Waals surface area (Å²) in [6.45, 7) is 0. The molecule has 0 atom stereocenters. The molecule has 0 aliphatic rings. The van der Waals surface area contributed by atoms with E-state index in [0.717, 1.165) is 0 Å². The highest BCUT2D eigenvalue weighted by Gasteiger charge is 2.24. The van der Waals surface area contributed by atoms with E-state index in [1.165, 1.54) is 121 Å². The van der Waals surface area contributed by atoms with Gasteiger partial charge in [0.25, 0.3) is 0 Å². The van der Waals surface area contributed by atoms with Crippen LogP contribution in [-0.2, 0) is 0 Å². The van der Waals surface area contributed by atoms with Crippen LogP contribution in [0.5, 0.6) is 0 Å². The molecule has 0 fully saturated rings. The van der Waals surface area contributed by atoms with Gasteiger partial charge < -0.3 is 0 Å². The molecule has 0 spiro atoms. The minimum absolute atomic E-state index is 1.18. The van der Waals surface area contributed by atoms with Crippen molar-refractivity contribution in [2.45, 2.75) is 0 Å². The van der Waals surface area contributed by atoms with Gasteiger partial charge in [0.05, 0.1) is 0 Å². The molecule has 0 radical (unpaired) electrons. The molecule has 0 saturated carbocycles. The number of hydrogen-bond donors (Lipinski definition) is 0. The Hall–Kier alpha value is -8.58. The quantitative estimate of drug-likeness (QED) is 0.134. The molecule has 12 rings (SSSR count). The molecule has 0 heterocycles. The lowest BCUT2D eigenvalue weighted by molar-refractivity contribution is 1.55. The molecule has 12 aromatic rings. The molecular formula is C66H44. The van der Waals surface area contributed by atoms with E-state index < -0.39 is 0 Å². The summed E-state index contributed by atoms with van der Waals surface area (Å²) < 4.78 is 0. The zero-order valence-corrected chi connectivity index (χ0v) is 36.4. The van der Waals surface area contributed by atoms with Crippen LogP contribution in [0.15, 0.2) is 267 Å². The third kappa shape index (κ3) is 6.97. The van der Waals surface area contributed by atoms with Crippen molar-refractivity contribution in [2.24, 2.45) is 0 Å². The van der Waals surface area contributed by atoms with Crippen LogP contribution in [0, 0.1) is 0 Å². The Morgan fingerprint density at radius 2 is 0.394 bits per heavy atom. The Bertz CT molecular complexity index is 3320. The second kappa shape index (κ2) is 16.8. The molecule has 12 aromatic carbocycles. The summed E-state index contributed by atoms with van der Waals surface area (Å²) in [6.07, 6.45) is 0. The summed E-state index contributed by atoms with van der Waals surface area (Å²) >= 11 is 0. The summed E-state index contributed by atoms with van der Waals surface area (Å²) in [4.78, 5) is 0. The number of hydrogen-bond acceptors (Lipinski definition) is 0. The lowest BCUT2D eigenvalue weighted by atomic mass is 9.79. The Morgan fingerprint density at radius 1 is 0.152 bits per heavy atom. The highest BCUT2D eigenvalue weighted by atomic mass is 14.3. The van der Waals surface area contributed by atoms with Gasteiger partial charge >= 0.3 is 0 Å². The van der Waals surface area contributed by atoms with Crippen LogP contribution in [0.4, 0.5) is 0 Å². The molecular weight excluding hydrogens is 793 g/mol. The zero-order chi connectivity index (χ0) is 43.8. The van der Waals surface area contributed by atoms with Crippen LogP contribution in [-0.4, -0.2) is 0 Å². The summed E-state index contributed by atoms with van der Waals surface area (Å²) in [5.41, 5.74) is 19.3. The Balaban J connectivity index is 1.23. The van der Waals surface area contributed by atoms with Crippen LogP contribution in [0.1, 0.15) is 0 Å². The van der Waals surface area contributed by atoms with E-state index >= 15 is 0 Å². The van der Waals surface area contributed by atoms with E-state index in [1.807, 2.05) is 0 Å². The van der Waals surface area contributed by atoms with Gasteiger partial charge in [0.1, 0.15) is 0 Å². The first-order chi connectivity index (χ1) is 32.8. The minimum atomic E-state index is 1.18. The standard InChI is InChI=1S/C66H44/c1-7-23-45(24-8-1)57-41-53(42-58(46-25-9-2-10-26-46)63(57)49-31-15-5-16-32-49)65-55-37-21-22-38-56(55)66(62-40-52-36-20-19-35-51(52)39-61(62)65)54-43-59(47-27-11-3-12-28-47)64(50-33-17-6-18-34-50)60(44-54)48-29-13-4-14-30-48/h1-44H. The molecule has 0 bridgehead atoms. The van der Waals surface area contributed by atoms with Gasteiger partial charge in [0.15, 0.2) is 0 Å². The van der Waals surface area contributed by atoms with E-state index in [1.54, 1.807) is 0 Å². The molecule has 0 saturated heterocycles. The Labute approximate surface area is 386 Å². The number of rotatable bonds is 8. The smallest absolute Gasteiger partial charge is 0.00257 e. The van der Waals surface area contributed by atoms with Crippen LogP contribution in [0.2, 0.25) is 0 Å². The molecule has 308 valence electrons. The van der Waals surface area contributed by atoms with Crippen LogP contribution in [0.25, 0.3) is 121 Å². The van der Waals surface area contributed by atoms with Gasteiger partial charge in [-0.05, 0) is 158 Å². The van der Waals surface area contributed by atoms with Crippen LogP contribution in [0.3, 0.4) is 0 Å². The maximum Gasteiger partial charge on any atom is -0.00257 e. The highest BCUT2D eigenvalue weighted by molar-refractivity contribution is 6.24. The molecule has 0 aliphatic carbocycles. The first-order valence-electron chi connectivity index (χ1n) is 22.8. The van der Waals surface area contributed by atoms with Gasteiger partial charge in [-0.2, -0.15) is 0 Å². The van der Waals surface area contributed by atoms with Crippen molar-refractivity contribution in [1.82, 2.24) is 0 Å². The average molecular weight is 837 g/mol. The Kier molecular flexibility index (Phi) is 9.97. The van der Waals surface area contributed by atoms with Crippen molar-refractivity contribution in [2.75, 3.05) is 0 Å². The van der Waals surface area contributed by atoms with Crippen molar-refractivity contribution in [3.05, 3.63) is 267 Å². The first-order valence-corrected chi connectivity index (χ1v) is 22.8. The normalized spacial score (nSPS) is 11.3. The molecule has 0 unspecified atom stereocenters.